The number of hydrogen-bond donors (Lipinski definition) is 1. The van der Waals surface area contributed by atoms with Crippen LogP contribution in [0.15, 0.2) is 4.99 Å². The molecule has 5 heteroatoms. The van der Waals surface area contributed by atoms with Crippen LogP contribution in [0, 0.1) is 17.3 Å². The van der Waals surface area contributed by atoms with Crippen LogP contribution in [0.1, 0.15) is 32.6 Å². The van der Waals surface area contributed by atoms with Crippen molar-refractivity contribution in [2.75, 3.05) is 53.0 Å². The Balaban J connectivity index is 1.26. The minimum absolute atomic E-state index is 0.293. The van der Waals surface area contributed by atoms with Crippen LogP contribution < -0.4 is 5.32 Å². The van der Waals surface area contributed by atoms with Crippen LogP contribution in [0.3, 0.4) is 0 Å². The molecule has 0 amide bonds. The van der Waals surface area contributed by atoms with Crippen molar-refractivity contribution in [2.45, 2.75) is 38.6 Å². The third kappa shape index (κ3) is 3.10. The van der Waals surface area contributed by atoms with Crippen molar-refractivity contribution in [3.8, 4) is 0 Å². The van der Waals surface area contributed by atoms with E-state index in [9.17, 15) is 0 Å². The number of piperazine rings is 1. The van der Waals surface area contributed by atoms with Gasteiger partial charge >= 0.3 is 0 Å². The van der Waals surface area contributed by atoms with E-state index in [1.807, 2.05) is 7.05 Å². The smallest absolute Gasteiger partial charge is 0.193 e. The minimum Gasteiger partial charge on any atom is -0.380 e. The minimum atomic E-state index is 0.293. The molecule has 2 aliphatic carbocycles. The highest BCUT2D eigenvalue weighted by atomic mass is 16.5. The van der Waals surface area contributed by atoms with E-state index in [2.05, 4.69) is 27.0 Å². The molecule has 2 bridgehead atoms. The van der Waals surface area contributed by atoms with E-state index in [-0.39, 0.29) is 0 Å². The van der Waals surface area contributed by atoms with Crippen LogP contribution in [0.5, 0.6) is 0 Å². The van der Waals surface area contributed by atoms with Gasteiger partial charge < -0.3 is 15.0 Å². The Kier molecular flexibility index (Phi) is 4.26. The van der Waals surface area contributed by atoms with Gasteiger partial charge in [0.25, 0.3) is 0 Å². The first kappa shape index (κ1) is 15.7. The molecule has 2 saturated carbocycles. The molecule has 3 unspecified atom stereocenters. The summed E-state index contributed by atoms with van der Waals surface area (Å²) < 4.78 is 5.34. The van der Waals surface area contributed by atoms with Gasteiger partial charge in [-0.15, -0.1) is 0 Å². The van der Waals surface area contributed by atoms with Gasteiger partial charge in [0, 0.05) is 51.2 Å². The topological polar surface area (TPSA) is 40.1 Å². The first-order chi connectivity index (χ1) is 11.2. The number of fused-ring (bicyclic) bond motifs is 2. The van der Waals surface area contributed by atoms with E-state index in [0.29, 0.717) is 5.41 Å². The van der Waals surface area contributed by atoms with Gasteiger partial charge in [0.1, 0.15) is 0 Å². The van der Waals surface area contributed by atoms with Gasteiger partial charge in [-0.05, 0) is 31.1 Å². The highest BCUT2D eigenvalue weighted by Gasteiger charge is 2.43. The Morgan fingerprint density at radius 1 is 1.17 bits per heavy atom. The fourth-order valence-electron chi connectivity index (χ4n) is 5.10. The summed E-state index contributed by atoms with van der Waals surface area (Å²) in [5, 5.41) is 3.57. The number of rotatable bonds is 3. The van der Waals surface area contributed by atoms with Crippen LogP contribution in [-0.4, -0.2) is 74.8 Å². The maximum Gasteiger partial charge on any atom is 0.193 e. The molecule has 0 aromatic rings. The summed E-state index contributed by atoms with van der Waals surface area (Å²) in [4.78, 5) is 9.72. The first-order valence-electron chi connectivity index (χ1n) is 9.44. The van der Waals surface area contributed by atoms with Crippen LogP contribution in [0.2, 0.25) is 0 Å². The van der Waals surface area contributed by atoms with Gasteiger partial charge in [-0.1, -0.05) is 13.3 Å². The van der Waals surface area contributed by atoms with E-state index in [4.69, 9.17) is 4.74 Å². The number of guanidine groups is 1. The maximum absolute atomic E-state index is 5.34. The van der Waals surface area contributed by atoms with Crippen LogP contribution in [-0.2, 0) is 4.74 Å². The first-order valence-corrected chi connectivity index (χ1v) is 9.44. The molecule has 4 fully saturated rings. The van der Waals surface area contributed by atoms with Crippen molar-refractivity contribution < 1.29 is 4.74 Å². The van der Waals surface area contributed by atoms with Gasteiger partial charge in [-0.2, -0.15) is 0 Å². The fourth-order valence-corrected chi connectivity index (χ4v) is 5.10. The lowest BCUT2D eigenvalue weighted by atomic mass is 9.89. The molecule has 130 valence electrons. The van der Waals surface area contributed by atoms with E-state index >= 15 is 0 Å². The Morgan fingerprint density at radius 2 is 1.96 bits per heavy atom. The normalized spacial score (nSPS) is 37.0. The van der Waals surface area contributed by atoms with Gasteiger partial charge in [0.2, 0.25) is 0 Å². The second-order valence-electron chi connectivity index (χ2n) is 8.47. The molecule has 2 saturated heterocycles. The van der Waals surface area contributed by atoms with E-state index < -0.39 is 0 Å². The Morgan fingerprint density at radius 3 is 2.48 bits per heavy atom. The predicted octanol–water partition coefficient (Wildman–Crippen LogP) is 1.40. The van der Waals surface area contributed by atoms with Crippen LogP contribution in [0.25, 0.3) is 0 Å². The van der Waals surface area contributed by atoms with E-state index in [1.165, 1.54) is 38.8 Å². The lowest BCUT2D eigenvalue weighted by molar-refractivity contribution is -0.0973. The predicted molar refractivity (Wildman–Crippen MR) is 92.7 cm³/mol. The van der Waals surface area contributed by atoms with Gasteiger partial charge in [0.05, 0.1) is 13.2 Å². The molecular formula is C18H32N4O. The largest absolute Gasteiger partial charge is 0.380 e. The van der Waals surface area contributed by atoms with Crippen molar-refractivity contribution in [2.24, 2.45) is 22.2 Å². The molecule has 2 aliphatic heterocycles. The zero-order valence-electron chi connectivity index (χ0n) is 14.8. The molecule has 4 rings (SSSR count). The molecular weight excluding hydrogens is 288 g/mol. The zero-order chi connectivity index (χ0) is 15.9. The van der Waals surface area contributed by atoms with Crippen molar-refractivity contribution in [1.29, 1.82) is 0 Å². The summed E-state index contributed by atoms with van der Waals surface area (Å²) in [6, 6.07) is 0.886. The molecule has 0 aromatic heterocycles. The molecule has 0 aromatic carbocycles. The number of ether oxygens (including phenoxy) is 1. The molecule has 1 N–H and O–H groups in total. The Hall–Kier alpha value is -0.810. The maximum atomic E-state index is 5.34. The molecule has 3 atom stereocenters. The summed E-state index contributed by atoms with van der Waals surface area (Å²) in [6.07, 6.45) is 5.96. The lowest BCUT2D eigenvalue weighted by Crippen LogP contribution is -2.57. The third-order valence-corrected chi connectivity index (χ3v) is 6.57. The number of nitrogens with one attached hydrogen (secondary N) is 1. The van der Waals surface area contributed by atoms with Crippen molar-refractivity contribution in [3.05, 3.63) is 0 Å². The number of nitrogens with zero attached hydrogens (tertiary/aromatic N) is 3. The van der Waals surface area contributed by atoms with Gasteiger partial charge in [-0.3, -0.25) is 9.89 Å². The molecule has 23 heavy (non-hydrogen) atoms. The highest BCUT2D eigenvalue weighted by molar-refractivity contribution is 5.80. The standard InChI is InChI=1S/C18H32N4O/c1-18(12-23-13-18)11-20-17(19-2)22-7-5-21(6-8-22)16-10-14-3-4-15(16)9-14/h14-16H,3-13H2,1-2H3,(H,19,20). The summed E-state index contributed by atoms with van der Waals surface area (Å²) in [7, 11) is 1.91. The fraction of sp³-hybridized carbons (Fsp3) is 0.944. The highest BCUT2D eigenvalue weighted by Crippen LogP contribution is 2.46. The molecule has 5 nitrogen and oxygen atoms in total. The summed E-state index contributed by atoms with van der Waals surface area (Å²) >= 11 is 0. The summed E-state index contributed by atoms with van der Waals surface area (Å²) in [6.45, 7) is 9.62. The van der Waals surface area contributed by atoms with Crippen molar-refractivity contribution in [3.63, 3.8) is 0 Å². The van der Waals surface area contributed by atoms with Crippen molar-refractivity contribution >= 4 is 5.96 Å². The zero-order valence-corrected chi connectivity index (χ0v) is 14.8. The SMILES string of the molecule is CN=C(NCC1(C)COC1)N1CCN(C2CC3CCC2C3)CC1. The lowest BCUT2D eigenvalue weighted by Gasteiger charge is -2.43. The van der Waals surface area contributed by atoms with Gasteiger partial charge in [-0.25, -0.2) is 0 Å². The van der Waals surface area contributed by atoms with E-state index in [1.54, 1.807) is 0 Å². The second-order valence-corrected chi connectivity index (χ2v) is 8.47. The quantitative estimate of drug-likeness (QED) is 0.630. The average molecular weight is 320 g/mol. The number of hydrogen-bond acceptors (Lipinski definition) is 3. The molecule has 4 aliphatic rings. The molecule has 2 heterocycles. The third-order valence-electron chi connectivity index (χ3n) is 6.57. The molecule has 0 spiro atoms. The van der Waals surface area contributed by atoms with Crippen LogP contribution >= 0.6 is 0 Å². The summed E-state index contributed by atoms with van der Waals surface area (Å²) in [5.41, 5.74) is 0.293. The monoisotopic (exact) mass is 320 g/mol. The second kappa shape index (κ2) is 6.25. The van der Waals surface area contributed by atoms with Gasteiger partial charge in [0.15, 0.2) is 5.96 Å². The average Bonchev–Trinajstić information content (AvgIpc) is 3.17. The Bertz CT molecular complexity index is 454. The van der Waals surface area contributed by atoms with Crippen molar-refractivity contribution in [1.82, 2.24) is 15.1 Å². The van der Waals surface area contributed by atoms with Crippen LogP contribution in [0.4, 0.5) is 0 Å². The van der Waals surface area contributed by atoms with E-state index in [0.717, 1.165) is 56.7 Å². The number of aliphatic imine (C=N–C) groups is 1. The molecule has 0 radical (unpaired) electrons. The summed E-state index contributed by atoms with van der Waals surface area (Å²) in [5.74, 6) is 3.12. The Labute approximate surface area is 140 Å².